The van der Waals surface area contributed by atoms with E-state index in [0.29, 0.717) is 11.9 Å². The number of anilines is 2. The van der Waals surface area contributed by atoms with Gasteiger partial charge in [-0.05, 0) is 37.4 Å². The van der Waals surface area contributed by atoms with Crippen LogP contribution in [0.1, 0.15) is 38.8 Å². The fraction of sp³-hybridized carbons (Fsp3) is 0.438. The van der Waals surface area contributed by atoms with Crippen molar-refractivity contribution in [3.05, 3.63) is 41.2 Å². The average Bonchev–Trinajstić information content (AvgIpc) is 2.52. The zero-order valence-electron chi connectivity index (χ0n) is 13.3. The minimum atomic E-state index is 0.0915. The van der Waals surface area contributed by atoms with Crippen molar-refractivity contribution in [1.82, 2.24) is 15.0 Å². The van der Waals surface area contributed by atoms with Crippen molar-refractivity contribution in [1.29, 1.82) is 0 Å². The number of hydrogen-bond donors (Lipinski definition) is 1. The minimum absolute atomic E-state index is 0.0915. The summed E-state index contributed by atoms with van der Waals surface area (Å²) < 4.78 is 0. The number of aromatic nitrogens is 3. The van der Waals surface area contributed by atoms with Crippen LogP contribution in [0, 0.1) is 0 Å². The Morgan fingerprint density at radius 3 is 2.50 bits per heavy atom. The molecule has 118 valence electrons. The lowest BCUT2D eigenvalue weighted by molar-refractivity contribution is 0.753. The number of hydrogen-bond acceptors (Lipinski definition) is 5. The van der Waals surface area contributed by atoms with Crippen molar-refractivity contribution in [3.8, 4) is 0 Å². The smallest absolute Gasteiger partial charge is 0.231 e. The van der Waals surface area contributed by atoms with E-state index in [1.807, 2.05) is 18.2 Å². The Bertz CT molecular complexity index is 590. The van der Waals surface area contributed by atoms with E-state index in [2.05, 4.69) is 58.1 Å². The van der Waals surface area contributed by atoms with Crippen LogP contribution in [0.4, 0.5) is 11.9 Å². The van der Waals surface area contributed by atoms with Crippen LogP contribution >= 0.6 is 11.6 Å². The van der Waals surface area contributed by atoms with Crippen LogP contribution in [0.15, 0.2) is 30.3 Å². The van der Waals surface area contributed by atoms with Crippen LogP contribution in [-0.4, -0.2) is 28.0 Å². The molecule has 1 N–H and O–H groups in total. The Morgan fingerprint density at radius 1 is 1.14 bits per heavy atom. The first-order valence-corrected chi connectivity index (χ1v) is 7.99. The number of rotatable bonds is 7. The number of halogens is 1. The highest BCUT2D eigenvalue weighted by molar-refractivity contribution is 6.28. The van der Waals surface area contributed by atoms with E-state index in [-0.39, 0.29) is 11.3 Å². The summed E-state index contributed by atoms with van der Waals surface area (Å²) in [5, 5.41) is 3.50. The van der Waals surface area contributed by atoms with Gasteiger partial charge in [-0.3, -0.25) is 0 Å². The molecule has 1 aromatic heterocycles. The van der Waals surface area contributed by atoms with E-state index in [0.717, 1.165) is 19.5 Å². The van der Waals surface area contributed by atoms with Crippen LogP contribution < -0.4 is 10.2 Å². The van der Waals surface area contributed by atoms with Gasteiger partial charge >= 0.3 is 0 Å². The summed E-state index contributed by atoms with van der Waals surface area (Å²) in [4.78, 5) is 15.0. The van der Waals surface area contributed by atoms with Gasteiger partial charge in [0.05, 0.1) is 6.04 Å². The Morgan fingerprint density at radius 2 is 1.86 bits per heavy atom. The maximum absolute atomic E-state index is 6.05. The zero-order chi connectivity index (χ0) is 15.9. The monoisotopic (exact) mass is 319 g/mol. The van der Waals surface area contributed by atoms with Gasteiger partial charge in [-0.25, -0.2) is 0 Å². The van der Waals surface area contributed by atoms with Gasteiger partial charge in [0.15, 0.2) is 0 Å². The molecule has 0 amide bonds. The molecule has 0 spiro atoms. The molecule has 0 saturated heterocycles. The third-order valence-electron chi connectivity index (χ3n) is 3.40. The highest BCUT2D eigenvalue weighted by Gasteiger charge is 2.13. The second kappa shape index (κ2) is 7.94. The molecule has 0 aliphatic rings. The van der Waals surface area contributed by atoms with Gasteiger partial charge in [-0.1, -0.05) is 37.3 Å². The molecular weight excluding hydrogens is 298 g/mol. The molecular formula is C16H22ClN5. The van der Waals surface area contributed by atoms with Gasteiger partial charge in [0.25, 0.3) is 0 Å². The van der Waals surface area contributed by atoms with Crippen LogP contribution in [0.2, 0.25) is 5.28 Å². The Labute approximate surface area is 136 Å². The third-order valence-corrected chi connectivity index (χ3v) is 3.57. The zero-order valence-corrected chi connectivity index (χ0v) is 14.0. The van der Waals surface area contributed by atoms with Gasteiger partial charge in [0.1, 0.15) is 0 Å². The van der Waals surface area contributed by atoms with Crippen LogP contribution in [-0.2, 0) is 0 Å². The van der Waals surface area contributed by atoms with Crippen molar-refractivity contribution < 1.29 is 0 Å². The molecule has 2 rings (SSSR count). The average molecular weight is 320 g/mol. The van der Waals surface area contributed by atoms with Crippen LogP contribution in [0.5, 0.6) is 0 Å². The summed E-state index contributed by atoms with van der Waals surface area (Å²) in [5.41, 5.74) is 1.17. The molecule has 5 nitrogen and oxygen atoms in total. The number of nitrogens with one attached hydrogen (secondary N) is 1. The quantitative estimate of drug-likeness (QED) is 0.838. The Hall–Kier alpha value is -1.88. The molecule has 0 unspecified atom stereocenters. The molecule has 1 aromatic carbocycles. The lowest BCUT2D eigenvalue weighted by Gasteiger charge is -2.21. The van der Waals surface area contributed by atoms with Gasteiger partial charge < -0.3 is 10.2 Å². The van der Waals surface area contributed by atoms with Crippen molar-refractivity contribution in [3.63, 3.8) is 0 Å². The fourth-order valence-electron chi connectivity index (χ4n) is 2.23. The summed E-state index contributed by atoms with van der Waals surface area (Å²) in [7, 11) is 0. The molecule has 0 fully saturated rings. The van der Waals surface area contributed by atoms with Gasteiger partial charge in [0.2, 0.25) is 17.2 Å². The van der Waals surface area contributed by atoms with E-state index in [4.69, 9.17) is 11.6 Å². The third kappa shape index (κ3) is 4.31. The molecule has 0 aliphatic carbocycles. The highest BCUT2D eigenvalue weighted by Crippen LogP contribution is 2.19. The molecule has 0 aliphatic heterocycles. The Balaban J connectivity index is 2.19. The molecule has 2 aromatic rings. The van der Waals surface area contributed by atoms with Crippen molar-refractivity contribution >= 4 is 23.5 Å². The van der Waals surface area contributed by atoms with Gasteiger partial charge in [0, 0.05) is 13.1 Å². The largest absolute Gasteiger partial charge is 0.348 e. The first-order valence-electron chi connectivity index (χ1n) is 7.62. The molecule has 0 radical (unpaired) electrons. The van der Waals surface area contributed by atoms with Crippen molar-refractivity contribution in [2.24, 2.45) is 0 Å². The van der Waals surface area contributed by atoms with E-state index >= 15 is 0 Å². The molecule has 1 heterocycles. The number of nitrogens with zero attached hydrogens (tertiary/aromatic N) is 4. The first-order chi connectivity index (χ1) is 10.6. The SMILES string of the molecule is CCCN(CC)c1nc(Cl)nc(N[C@H](C)c2ccccc2)n1. The first kappa shape index (κ1) is 16.5. The van der Waals surface area contributed by atoms with E-state index in [1.54, 1.807) is 0 Å². The van der Waals surface area contributed by atoms with Gasteiger partial charge in [-0.15, -0.1) is 0 Å². The normalized spacial score (nSPS) is 12.0. The van der Waals surface area contributed by atoms with Crippen LogP contribution in [0.3, 0.4) is 0 Å². The summed E-state index contributed by atoms with van der Waals surface area (Å²) in [5.74, 6) is 1.12. The second-order valence-corrected chi connectivity index (χ2v) is 5.42. The lowest BCUT2D eigenvalue weighted by Crippen LogP contribution is -2.26. The van der Waals surface area contributed by atoms with Crippen molar-refractivity contribution in [2.75, 3.05) is 23.3 Å². The topological polar surface area (TPSA) is 53.9 Å². The highest BCUT2D eigenvalue weighted by atomic mass is 35.5. The standard InChI is InChI=1S/C16H22ClN5/c1-4-11-22(5-2)16-20-14(17)19-15(21-16)18-12(3)13-9-7-6-8-10-13/h6-10,12H,4-5,11H2,1-3H3,(H,18,19,20,21)/t12-/m1/s1. The van der Waals surface area contributed by atoms with E-state index in [9.17, 15) is 0 Å². The molecule has 1 atom stereocenters. The summed E-state index contributed by atoms with van der Waals surface area (Å²) in [6.45, 7) is 8.00. The van der Waals surface area contributed by atoms with E-state index in [1.165, 1.54) is 5.56 Å². The molecule has 0 saturated carbocycles. The Kier molecular flexibility index (Phi) is 5.95. The summed E-state index contributed by atoms with van der Waals surface area (Å²) >= 11 is 6.05. The van der Waals surface area contributed by atoms with Gasteiger partial charge in [-0.2, -0.15) is 15.0 Å². The number of benzene rings is 1. The minimum Gasteiger partial charge on any atom is -0.348 e. The lowest BCUT2D eigenvalue weighted by atomic mass is 10.1. The molecule has 6 heteroatoms. The molecule has 22 heavy (non-hydrogen) atoms. The summed E-state index contributed by atoms with van der Waals surface area (Å²) in [6, 6.07) is 10.2. The fourth-order valence-corrected chi connectivity index (χ4v) is 2.39. The van der Waals surface area contributed by atoms with E-state index < -0.39 is 0 Å². The maximum atomic E-state index is 6.05. The second-order valence-electron chi connectivity index (χ2n) is 5.08. The van der Waals surface area contributed by atoms with Crippen molar-refractivity contribution in [2.45, 2.75) is 33.2 Å². The maximum Gasteiger partial charge on any atom is 0.231 e. The van der Waals surface area contributed by atoms with Crippen LogP contribution in [0.25, 0.3) is 0 Å². The molecule has 0 bridgehead atoms. The predicted octanol–water partition coefficient (Wildman–Crippen LogP) is 3.93. The summed E-state index contributed by atoms with van der Waals surface area (Å²) in [6.07, 6.45) is 1.03. The predicted molar refractivity (Wildman–Crippen MR) is 91.5 cm³/mol.